The molecule has 0 aliphatic carbocycles. The number of ether oxygens (including phenoxy) is 11. The fourth-order valence-corrected chi connectivity index (χ4v) is 4.76. The first kappa shape index (κ1) is 52.3. The minimum Gasteiger partial charge on any atom is -0.481 e. The zero-order valence-electron chi connectivity index (χ0n) is 34.9. The number of hydroxylamine groups is 2. The Morgan fingerprint density at radius 2 is 1.13 bits per heavy atom. The molecule has 4 N–H and O–H groups in total. The van der Waals surface area contributed by atoms with Crippen LogP contribution in [0.5, 0.6) is 0 Å². The van der Waals surface area contributed by atoms with Gasteiger partial charge in [-0.15, -0.1) is 0 Å². The van der Waals surface area contributed by atoms with E-state index in [1.807, 2.05) is 6.92 Å². The normalized spacial score (nSPS) is 12.3. The summed E-state index contributed by atoms with van der Waals surface area (Å²) < 4.78 is 59.2. The molecule has 1 aliphatic rings. The van der Waals surface area contributed by atoms with Crippen molar-refractivity contribution in [2.75, 3.05) is 158 Å². The number of carbonyl (C=O) groups is 3. The molecule has 0 saturated carbocycles. The molecule has 2 amide bonds. The van der Waals surface area contributed by atoms with Crippen LogP contribution in [0.25, 0.3) is 6.08 Å². The Bertz CT molecular complexity index is 1340. The molecule has 0 aromatic carbocycles. The van der Waals surface area contributed by atoms with Crippen molar-refractivity contribution >= 4 is 35.6 Å². The number of alkyl carbamates (subject to hydrolysis) is 1. The van der Waals surface area contributed by atoms with E-state index in [2.05, 4.69) is 15.3 Å². The molecule has 0 fully saturated rings. The number of rotatable bonds is 40. The Hall–Kier alpha value is -3.87. The average molecular weight is 860 g/mol. The van der Waals surface area contributed by atoms with Crippen LogP contribution in [0.3, 0.4) is 0 Å². The van der Waals surface area contributed by atoms with E-state index in [0.29, 0.717) is 149 Å². The number of amidine groups is 1. The number of carbonyl (C=O) groups excluding carboxylic acids is 2. The monoisotopic (exact) mass is 859 g/mol. The van der Waals surface area contributed by atoms with Gasteiger partial charge in [-0.2, -0.15) is 0 Å². The van der Waals surface area contributed by atoms with E-state index in [4.69, 9.17) is 67.8 Å². The second kappa shape index (κ2) is 36.9. The van der Waals surface area contributed by atoms with Gasteiger partial charge in [0.2, 0.25) is 0 Å². The minimum atomic E-state index is -0.884. The summed E-state index contributed by atoms with van der Waals surface area (Å²) in [6.45, 7) is 10.6. The van der Waals surface area contributed by atoms with Crippen LogP contribution < -0.4 is 11.1 Å². The number of hydrogen-bond acceptors (Lipinski definition) is 18. The molecule has 21 nitrogen and oxygen atoms in total. The topological polar surface area (TPSA) is 249 Å². The number of nitrogens with one attached hydrogen (secondary N) is 1. The maximum absolute atomic E-state index is 13.2. The van der Waals surface area contributed by atoms with Crippen LogP contribution in [0.4, 0.5) is 10.5 Å². The second-order valence-corrected chi connectivity index (χ2v) is 12.5. The van der Waals surface area contributed by atoms with Crippen molar-refractivity contribution < 1.29 is 76.4 Å². The third kappa shape index (κ3) is 28.6. The van der Waals surface area contributed by atoms with Gasteiger partial charge >= 0.3 is 12.1 Å². The summed E-state index contributed by atoms with van der Waals surface area (Å²) >= 11 is 0. The standard InChI is InChI=1S/C39H65N5O16/c1-2-7-44(38(47)34-30-33-3-5-41-32-35(33)43-36(40)31-34)60-9-6-42-39(48)59-29-28-58-27-26-57-25-24-56-23-22-55-21-20-54-19-18-53-17-16-52-15-14-51-13-12-50-11-10-49-8-4-37(45)46/h3,5,30,32H,2,4,6-29,31H2,1H3,(H2,40,43)(H,42,48)(H,45,46). The molecule has 2 rings (SSSR count). The van der Waals surface area contributed by atoms with Gasteiger partial charge in [0.1, 0.15) is 12.4 Å². The van der Waals surface area contributed by atoms with Crippen LogP contribution in [-0.4, -0.2) is 197 Å². The number of pyridine rings is 1. The Labute approximate surface area is 352 Å². The number of fused-ring (bicyclic) bond motifs is 1. The van der Waals surface area contributed by atoms with Crippen LogP contribution in [0.1, 0.15) is 31.7 Å². The summed E-state index contributed by atoms with van der Waals surface area (Å²) in [7, 11) is 0. The summed E-state index contributed by atoms with van der Waals surface area (Å²) in [5, 5.41) is 12.4. The lowest BCUT2D eigenvalue weighted by atomic mass is 10.1. The highest BCUT2D eigenvalue weighted by Crippen LogP contribution is 2.26. The van der Waals surface area contributed by atoms with Crippen molar-refractivity contribution in [3.8, 4) is 0 Å². The SMILES string of the molecule is CCCN(OCCNC(=O)OCCOCCOCCOCCOCCOCCOCCOCCOCCOCCOCCC(=O)O)C(=O)C1=Cc2ccncc2N=C(N)C1. The molecule has 0 radical (unpaired) electrons. The molecule has 21 heteroatoms. The molecule has 1 aromatic rings. The Morgan fingerprint density at radius 3 is 1.58 bits per heavy atom. The second-order valence-electron chi connectivity index (χ2n) is 12.5. The maximum Gasteiger partial charge on any atom is 0.407 e. The third-order valence-electron chi connectivity index (χ3n) is 7.61. The predicted molar refractivity (Wildman–Crippen MR) is 216 cm³/mol. The number of nitrogens with zero attached hydrogens (tertiary/aromatic N) is 3. The van der Waals surface area contributed by atoms with Crippen LogP contribution >= 0.6 is 0 Å². The molecule has 342 valence electrons. The average Bonchev–Trinajstić information content (AvgIpc) is 3.41. The highest BCUT2D eigenvalue weighted by molar-refractivity contribution is 6.05. The molecule has 1 aromatic heterocycles. The number of hydrogen-bond donors (Lipinski definition) is 3. The van der Waals surface area contributed by atoms with Crippen molar-refractivity contribution in [1.82, 2.24) is 15.4 Å². The lowest BCUT2D eigenvalue weighted by molar-refractivity contribution is -0.181. The zero-order chi connectivity index (χ0) is 43.1. The first-order valence-corrected chi connectivity index (χ1v) is 20.2. The first-order valence-electron chi connectivity index (χ1n) is 20.2. The van der Waals surface area contributed by atoms with E-state index in [-0.39, 0.29) is 51.7 Å². The fraction of sp³-hybridized carbons (Fsp3) is 0.718. The van der Waals surface area contributed by atoms with Crippen molar-refractivity contribution in [3.63, 3.8) is 0 Å². The molecule has 1 aliphatic heterocycles. The lowest BCUT2D eigenvalue weighted by Gasteiger charge is -2.22. The number of nitrogens with two attached hydrogens (primary N) is 1. The van der Waals surface area contributed by atoms with Crippen LogP contribution in [-0.2, 0) is 66.5 Å². The van der Waals surface area contributed by atoms with Crippen molar-refractivity contribution in [2.45, 2.75) is 26.2 Å². The molecule has 0 bridgehead atoms. The largest absolute Gasteiger partial charge is 0.481 e. The van der Waals surface area contributed by atoms with Gasteiger partial charge in [0.25, 0.3) is 5.91 Å². The highest BCUT2D eigenvalue weighted by Gasteiger charge is 2.22. The number of amides is 2. The Morgan fingerprint density at radius 1 is 0.683 bits per heavy atom. The summed E-state index contributed by atoms with van der Waals surface area (Å²) in [6.07, 6.45) is 5.17. The van der Waals surface area contributed by atoms with Crippen molar-refractivity contribution in [2.24, 2.45) is 10.7 Å². The van der Waals surface area contributed by atoms with Gasteiger partial charge in [-0.05, 0) is 18.6 Å². The van der Waals surface area contributed by atoms with E-state index in [0.717, 1.165) is 5.56 Å². The minimum absolute atomic E-state index is 0.0140. The summed E-state index contributed by atoms with van der Waals surface area (Å²) in [5.74, 6) is -0.903. The maximum atomic E-state index is 13.2. The Balaban J connectivity index is 1.27. The summed E-state index contributed by atoms with van der Waals surface area (Å²) in [4.78, 5) is 49.7. The van der Waals surface area contributed by atoms with Gasteiger partial charge in [-0.1, -0.05) is 6.92 Å². The third-order valence-corrected chi connectivity index (χ3v) is 7.61. The smallest absolute Gasteiger partial charge is 0.407 e. The molecule has 0 spiro atoms. The van der Waals surface area contributed by atoms with E-state index in [1.54, 1.807) is 24.5 Å². The first-order chi connectivity index (χ1) is 29.4. The van der Waals surface area contributed by atoms with E-state index < -0.39 is 12.1 Å². The molecule has 0 atom stereocenters. The van der Waals surface area contributed by atoms with Crippen molar-refractivity contribution in [1.29, 1.82) is 0 Å². The van der Waals surface area contributed by atoms with Gasteiger partial charge < -0.3 is 68.3 Å². The van der Waals surface area contributed by atoms with Gasteiger partial charge in [-0.25, -0.2) is 14.9 Å². The van der Waals surface area contributed by atoms with Crippen LogP contribution in [0.15, 0.2) is 29.0 Å². The molecular weight excluding hydrogens is 794 g/mol. The lowest BCUT2D eigenvalue weighted by Crippen LogP contribution is -2.37. The van der Waals surface area contributed by atoms with Gasteiger partial charge in [0.05, 0.1) is 157 Å². The molecular formula is C39H65N5O16. The van der Waals surface area contributed by atoms with E-state index in [9.17, 15) is 14.4 Å². The molecule has 2 heterocycles. The van der Waals surface area contributed by atoms with Crippen LogP contribution in [0.2, 0.25) is 0 Å². The summed E-state index contributed by atoms with van der Waals surface area (Å²) in [5.41, 5.74) is 7.81. The van der Waals surface area contributed by atoms with Crippen LogP contribution in [0, 0.1) is 0 Å². The molecule has 0 saturated heterocycles. The molecule has 0 unspecified atom stereocenters. The molecule has 60 heavy (non-hydrogen) atoms. The van der Waals surface area contributed by atoms with Crippen molar-refractivity contribution in [3.05, 3.63) is 29.6 Å². The van der Waals surface area contributed by atoms with Gasteiger partial charge in [0.15, 0.2) is 0 Å². The number of aromatic nitrogens is 1. The highest BCUT2D eigenvalue weighted by atomic mass is 16.7. The number of aliphatic carboxylic acids is 1. The number of aliphatic imine (C=N–C) groups is 1. The summed E-state index contributed by atoms with van der Waals surface area (Å²) in [6, 6.07) is 1.76. The number of carboxylic acid groups (broad SMARTS) is 1. The Kier molecular flexibility index (Phi) is 32.2. The fourth-order valence-electron chi connectivity index (χ4n) is 4.76. The van der Waals surface area contributed by atoms with Gasteiger partial charge in [0, 0.05) is 36.8 Å². The predicted octanol–water partition coefficient (Wildman–Crippen LogP) is 1.39. The zero-order valence-corrected chi connectivity index (χ0v) is 34.9. The number of carboxylic acids is 1. The quantitative estimate of drug-likeness (QED) is 0.0623. The van der Waals surface area contributed by atoms with Gasteiger partial charge in [-0.3, -0.25) is 19.4 Å². The van der Waals surface area contributed by atoms with E-state index >= 15 is 0 Å². The van der Waals surface area contributed by atoms with E-state index in [1.165, 1.54) is 5.06 Å².